The van der Waals surface area contributed by atoms with Gasteiger partial charge in [0.2, 0.25) is 0 Å². The number of alkyl halides is 3. The van der Waals surface area contributed by atoms with Gasteiger partial charge in [0.1, 0.15) is 17.2 Å². The van der Waals surface area contributed by atoms with Gasteiger partial charge in [-0.15, -0.1) is 0 Å². The Hall–Kier alpha value is -2.75. The molecule has 1 aliphatic heterocycles. The molecule has 1 aromatic rings. The SMILES string of the molecule is COc1cc(OC)c(C(F)(F)F)cc1NC1=CC(=O)N(CCO)C1=O. The molecule has 2 rings (SSSR count). The first-order chi connectivity index (χ1) is 11.7. The van der Waals surface area contributed by atoms with E-state index in [1.165, 1.54) is 7.11 Å². The summed E-state index contributed by atoms with van der Waals surface area (Å²) in [5, 5.41) is 11.3. The van der Waals surface area contributed by atoms with Crippen LogP contribution in [0.2, 0.25) is 0 Å². The molecule has 0 radical (unpaired) electrons. The smallest absolute Gasteiger partial charge is 0.420 e. The van der Waals surface area contributed by atoms with E-state index < -0.39 is 35.9 Å². The molecule has 2 N–H and O–H groups in total. The molecule has 136 valence electrons. The standard InChI is InChI=1S/C15H15F3N2O5/c1-24-11-7-12(25-2)9(5-8(11)15(16,17)18)19-10-6-13(22)20(3-4-21)14(10)23/h5-7,19,21H,3-4H2,1-2H3. The highest BCUT2D eigenvalue weighted by Crippen LogP contribution is 2.42. The lowest BCUT2D eigenvalue weighted by molar-refractivity contribution is -0.139. The number of halogens is 3. The Morgan fingerprint density at radius 2 is 1.80 bits per heavy atom. The Bertz CT molecular complexity index is 731. The topological polar surface area (TPSA) is 88.1 Å². The van der Waals surface area contributed by atoms with E-state index in [-0.39, 0.29) is 23.7 Å². The van der Waals surface area contributed by atoms with Crippen LogP contribution in [-0.2, 0) is 15.8 Å². The van der Waals surface area contributed by atoms with Crippen LogP contribution < -0.4 is 14.8 Å². The highest BCUT2D eigenvalue weighted by atomic mass is 19.4. The number of ether oxygens (including phenoxy) is 2. The van der Waals surface area contributed by atoms with Crippen LogP contribution in [0, 0.1) is 0 Å². The molecule has 0 saturated heterocycles. The molecule has 0 unspecified atom stereocenters. The van der Waals surface area contributed by atoms with Crippen molar-refractivity contribution in [3.05, 3.63) is 29.5 Å². The van der Waals surface area contributed by atoms with Gasteiger partial charge in [-0.3, -0.25) is 14.5 Å². The third-order valence-electron chi connectivity index (χ3n) is 3.43. The summed E-state index contributed by atoms with van der Waals surface area (Å²) >= 11 is 0. The quantitative estimate of drug-likeness (QED) is 0.746. The van der Waals surface area contributed by atoms with Gasteiger partial charge in [0, 0.05) is 12.1 Å². The molecule has 0 bridgehead atoms. The van der Waals surface area contributed by atoms with Crippen LogP contribution >= 0.6 is 0 Å². The van der Waals surface area contributed by atoms with Gasteiger partial charge in [-0.1, -0.05) is 0 Å². The number of carbonyl (C=O) groups is 2. The maximum absolute atomic E-state index is 13.1. The molecule has 10 heteroatoms. The van der Waals surface area contributed by atoms with Crippen molar-refractivity contribution in [2.24, 2.45) is 0 Å². The van der Waals surface area contributed by atoms with Crippen LogP contribution in [0.15, 0.2) is 23.9 Å². The lowest BCUT2D eigenvalue weighted by Crippen LogP contribution is -2.34. The summed E-state index contributed by atoms with van der Waals surface area (Å²) in [4.78, 5) is 24.6. The van der Waals surface area contributed by atoms with Crippen molar-refractivity contribution in [3.8, 4) is 11.5 Å². The molecule has 7 nitrogen and oxygen atoms in total. The van der Waals surface area contributed by atoms with Crippen molar-refractivity contribution in [2.75, 3.05) is 32.7 Å². The maximum Gasteiger partial charge on any atom is 0.420 e. The minimum atomic E-state index is -4.69. The average Bonchev–Trinajstić information content (AvgIpc) is 2.81. The summed E-state index contributed by atoms with van der Waals surface area (Å²) in [6.07, 6.45) is -3.75. The lowest BCUT2D eigenvalue weighted by atomic mass is 10.1. The second-order valence-corrected chi connectivity index (χ2v) is 4.95. The van der Waals surface area contributed by atoms with Gasteiger partial charge in [-0.05, 0) is 6.07 Å². The van der Waals surface area contributed by atoms with E-state index in [9.17, 15) is 22.8 Å². The normalized spacial score (nSPS) is 14.6. The number of benzene rings is 1. The molecule has 0 spiro atoms. The third-order valence-corrected chi connectivity index (χ3v) is 3.43. The van der Waals surface area contributed by atoms with Crippen molar-refractivity contribution < 1.29 is 37.3 Å². The van der Waals surface area contributed by atoms with E-state index >= 15 is 0 Å². The highest BCUT2D eigenvalue weighted by molar-refractivity contribution is 6.17. The highest BCUT2D eigenvalue weighted by Gasteiger charge is 2.36. The van der Waals surface area contributed by atoms with E-state index in [2.05, 4.69) is 5.32 Å². The monoisotopic (exact) mass is 360 g/mol. The van der Waals surface area contributed by atoms with E-state index in [0.29, 0.717) is 0 Å². The van der Waals surface area contributed by atoms with Crippen molar-refractivity contribution in [2.45, 2.75) is 6.18 Å². The molecule has 0 atom stereocenters. The number of nitrogens with zero attached hydrogens (tertiary/aromatic N) is 1. The summed E-state index contributed by atoms with van der Waals surface area (Å²) in [6, 6.07) is 1.75. The van der Waals surface area contributed by atoms with Crippen LogP contribution in [0.5, 0.6) is 11.5 Å². The summed E-state index contributed by atoms with van der Waals surface area (Å²) in [6.45, 7) is -0.643. The van der Waals surface area contributed by atoms with Crippen LogP contribution in [0.4, 0.5) is 18.9 Å². The largest absolute Gasteiger partial charge is 0.496 e. The van der Waals surface area contributed by atoms with Gasteiger partial charge in [0.15, 0.2) is 0 Å². The number of rotatable bonds is 6. The Kier molecular flexibility index (Phi) is 5.21. The number of imide groups is 1. The molecule has 1 aliphatic rings. The minimum absolute atomic E-state index is 0.00777. The molecular formula is C15H15F3N2O5. The zero-order chi connectivity index (χ0) is 18.8. The number of aliphatic hydroxyl groups excluding tert-OH is 1. The summed E-state index contributed by atoms with van der Waals surface area (Å²) < 4.78 is 49.2. The predicted molar refractivity (Wildman–Crippen MR) is 80.1 cm³/mol. The predicted octanol–water partition coefficient (Wildman–Crippen LogP) is 1.38. The summed E-state index contributed by atoms with van der Waals surface area (Å²) in [5.74, 6) is -1.89. The van der Waals surface area contributed by atoms with Gasteiger partial charge < -0.3 is 19.9 Å². The molecule has 1 aromatic carbocycles. The second kappa shape index (κ2) is 7.01. The molecule has 2 amide bonds. The lowest BCUT2D eigenvalue weighted by Gasteiger charge is -2.18. The van der Waals surface area contributed by atoms with Gasteiger partial charge in [-0.25, -0.2) is 0 Å². The fourth-order valence-corrected chi connectivity index (χ4v) is 2.27. The van der Waals surface area contributed by atoms with Crippen molar-refractivity contribution in [3.63, 3.8) is 0 Å². The fraction of sp³-hybridized carbons (Fsp3) is 0.333. The molecule has 0 aliphatic carbocycles. The second-order valence-electron chi connectivity index (χ2n) is 4.95. The van der Waals surface area contributed by atoms with E-state index in [1.807, 2.05) is 0 Å². The Morgan fingerprint density at radius 1 is 1.16 bits per heavy atom. The van der Waals surface area contributed by atoms with E-state index in [0.717, 1.165) is 30.2 Å². The molecular weight excluding hydrogens is 345 g/mol. The maximum atomic E-state index is 13.1. The van der Waals surface area contributed by atoms with Gasteiger partial charge in [-0.2, -0.15) is 13.2 Å². The Morgan fingerprint density at radius 3 is 2.32 bits per heavy atom. The zero-order valence-corrected chi connectivity index (χ0v) is 13.3. The number of hydrogen-bond acceptors (Lipinski definition) is 6. The minimum Gasteiger partial charge on any atom is -0.496 e. The number of methoxy groups -OCH3 is 2. The van der Waals surface area contributed by atoms with Crippen LogP contribution in [0.1, 0.15) is 5.56 Å². The molecule has 0 aromatic heterocycles. The first kappa shape index (κ1) is 18.6. The fourth-order valence-electron chi connectivity index (χ4n) is 2.27. The average molecular weight is 360 g/mol. The molecule has 0 saturated carbocycles. The van der Waals surface area contributed by atoms with E-state index in [1.54, 1.807) is 0 Å². The number of anilines is 1. The van der Waals surface area contributed by atoms with Crippen LogP contribution in [0.3, 0.4) is 0 Å². The van der Waals surface area contributed by atoms with Crippen molar-refractivity contribution in [1.82, 2.24) is 4.90 Å². The molecule has 0 fully saturated rings. The van der Waals surface area contributed by atoms with Crippen molar-refractivity contribution in [1.29, 1.82) is 0 Å². The van der Waals surface area contributed by atoms with E-state index in [4.69, 9.17) is 14.6 Å². The van der Waals surface area contributed by atoms with Gasteiger partial charge in [0.25, 0.3) is 11.8 Å². The number of hydrogen-bond donors (Lipinski definition) is 2. The van der Waals surface area contributed by atoms with Gasteiger partial charge in [0.05, 0.1) is 38.6 Å². The van der Waals surface area contributed by atoms with Crippen molar-refractivity contribution >= 4 is 17.5 Å². The molecule has 1 heterocycles. The Balaban J connectivity index is 2.41. The third kappa shape index (κ3) is 3.68. The zero-order valence-electron chi connectivity index (χ0n) is 13.3. The number of nitrogens with one attached hydrogen (secondary N) is 1. The Labute approximate surface area is 140 Å². The number of aliphatic hydroxyl groups is 1. The van der Waals surface area contributed by atoms with Gasteiger partial charge >= 0.3 is 6.18 Å². The first-order valence-electron chi connectivity index (χ1n) is 7.01. The van der Waals surface area contributed by atoms with Crippen LogP contribution in [-0.4, -0.2) is 49.2 Å². The summed E-state index contributed by atoms with van der Waals surface area (Å²) in [5.41, 5.74) is -1.45. The number of carbonyl (C=O) groups excluding carboxylic acids is 2. The first-order valence-corrected chi connectivity index (χ1v) is 7.01. The van der Waals surface area contributed by atoms with Crippen LogP contribution in [0.25, 0.3) is 0 Å². The number of amides is 2. The molecule has 25 heavy (non-hydrogen) atoms. The number of β-amino-alcohol motifs (C(OH)–C–C–N with tert-alkyl or cyclic N) is 1. The summed E-state index contributed by atoms with van der Waals surface area (Å²) in [7, 11) is 2.33.